The predicted octanol–water partition coefficient (Wildman–Crippen LogP) is 2.92. The van der Waals surface area contributed by atoms with Crippen molar-refractivity contribution < 1.29 is 9.13 Å². The van der Waals surface area contributed by atoms with E-state index in [9.17, 15) is 4.39 Å². The van der Waals surface area contributed by atoms with Gasteiger partial charge in [-0.05, 0) is 19.5 Å². The molecule has 2 atom stereocenters. The molecule has 0 amide bonds. The normalized spacial score (nSPS) is 21.8. The third-order valence-electron chi connectivity index (χ3n) is 3.12. The summed E-state index contributed by atoms with van der Waals surface area (Å²) in [6.45, 7) is 5.59. The van der Waals surface area contributed by atoms with Gasteiger partial charge >= 0.3 is 0 Å². The molecule has 1 saturated heterocycles. The fourth-order valence-corrected chi connectivity index (χ4v) is 3.16. The van der Waals surface area contributed by atoms with Crippen molar-refractivity contribution in [3.05, 3.63) is 35.1 Å². The van der Waals surface area contributed by atoms with Crippen LogP contribution in [0, 0.1) is 12.7 Å². The summed E-state index contributed by atoms with van der Waals surface area (Å²) in [5.74, 6) is 1.81. The average molecular weight is 269 g/mol. The summed E-state index contributed by atoms with van der Waals surface area (Å²) in [5, 5.41) is 3.36. The Morgan fingerprint density at radius 3 is 3.06 bits per heavy atom. The summed E-state index contributed by atoms with van der Waals surface area (Å²) in [5.41, 5.74) is 1.81. The predicted molar refractivity (Wildman–Crippen MR) is 74.6 cm³/mol. The SMILES string of the molecule is CCNC(c1cc(C)ccc1F)C1CSCCO1. The van der Waals surface area contributed by atoms with E-state index in [4.69, 9.17) is 4.74 Å². The highest BCUT2D eigenvalue weighted by atomic mass is 32.2. The van der Waals surface area contributed by atoms with Gasteiger partial charge in [0.1, 0.15) is 5.82 Å². The van der Waals surface area contributed by atoms with Crippen LogP contribution in [-0.2, 0) is 4.74 Å². The van der Waals surface area contributed by atoms with Gasteiger partial charge in [-0.2, -0.15) is 11.8 Å². The van der Waals surface area contributed by atoms with Crippen LogP contribution in [0.15, 0.2) is 18.2 Å². The molecule has 1 aromatic rings. The number of benzene rings is 1. The van der Waals surface area contributed by atoms with E-state index in [2.05, 4.69) is 5.32 Å². The molecule has 1 aliphatic heterocycles. The molecule has 2 nitrogen and oxygen atoms in total. The first-order chi connectivity index (χ1) is 8.72. The second-order valence-corrected chi connectivity index (χ2v) is 5.69. The maximum atomic E-state index is 14.0. The Hall–Kier alpha value is -0.580. The summed E-state index contributed by atoms with van der Waals surface area (Å²) in [6.07, 6.45) is 0.0556. The maximum absolute atomic E-state index is 14.0. The van der Waals surface area contributed by atoms with E-state index >= 15 is 0 Å². The molecule has 1 aromatic carbocycles. The standard InChI is InChI=1S/C14H20FNOS/c1-3-16-14(13-9-18-7-6-17-13)11-8-10(2)4-5-12(11)15/h4-5,8,13-14,16H,3,6-7,9H2,1-2H3. The molecule has 4 heteroatoms. The highest BCUT2D eigenvalue weighted by Gasteiger charge is 2.27. The summed E-state index contributed by atoms with van der Waals surface area (Å²) in [6, 6.07) is 5.22. The second-order valence-electron chi connectivity index (χ2n) is 4.54. The lowest BCUT2D eigenvalue weighted by Crippen LogP contribution is -2.38. The van der Waals surface area contributed by atoms with Gasteiger partial charge < -0.3 is 10.1 Å². The lowest BCUT2D eigenvalue weighted by Gasteiger charge is -2.31. The van der Waals surface area contributed by atoms with Crippen molar-refractivity contribution in [3.8, 4) is 0 Å². The van der Waals surface area contributed by atoms with Crippen LogP contribution in [0.25, 0.3) is 0 Å². The average Bonchev–Trinajstić information content (AvgIpc) is 2.40. The topological polar surface area (TPSA) is 21.3 Å². The first kappa shape index (κ1) is 13.8. The number of nitrogens with one attached hydrogen (secondary N) is 1. The molecule has 0 radical (unpaired) electrons. The molecule has 1 heterocycles. The second kappa shape index (κ2) is 6.55. The van der Waals surface area contributed by atoms with Gasteiger partial charge in [0.15, 0.2) is 0 Å². The van der Waals surface area contributed by atoms with E-state index < -0.39 is 0 Å². The summed E-state index contributed by atoms with van der Waals surface area (Å²) in [7, 11) is 0. The molecule has 100 valence electrons. The number of aryl methyl sites for hydroxylation is 1. The number of ether oxygens (including phenoxy) is 1. The van der Waals surface area contributed by atoms with Gasteiger partial charge in [-0.15, -0.1) is 0 Å². The van der Waals surface area contributed by atoms with Crippen molar-refractivity contribution in [2.45, 2.75) is 26.0 Å². The number of halogens is 1. The number of hydrogen-bond acceptors (Lipinski definition) is 3. The van der Waals surface area contributed by atoms with E-state index in [-0.39, 0.29) is 18.0 Å². The number of thioether (sulfide) groups is 1. The number of rotatable bonds is 4. The minimum atomic E-state index is -0.147. The van der Waals surface area contributed by atoms with Crippen molar-refractivity contribution >= 4 is 11.8 Å². The van der Waals surface area contributed by atoms with Gasteiger partial charge in [-0.1, -0.05) is 24.6 Å². The fourth-order valence-electron chi connectivity index (χ4n) is 2.26. The van der Waals surface area contributed by atoms with Crippen LogP contribution in [0.3, 0.4) is 0 Å². The fraction of sp³-hybridized carbons (Fsp3) is 0.571. The minimum absolute atomic E-state index is 0.0531. The Morgan fingerprint density at radius 2 is 2.39 bits per heavy atom. The molecule has 0 spiro atoms. The molecule has 1 N–H and O–H groups in total. The lowest BCUT2D eigenvalue weighted by atomic mass is 9.99. The van der Waals surface area contributed by atoms with Crippen LogP contribution >= 0.6 is 11.8 Å². The molecule has 2 unspecified atom stereocenters. The van der Waals surface area contributed by atoms with Crippen molar-refractivity contribution in [3.63, 3.8) is 0 Å². The van der Waals surface area contributed by atoms with Crippen molar-refractivity contribution in [2.75, 3.05) is 24.7 Å². The van der Waals surface area contributed by atoms with Crippen LogP contribution in [0.5, 0.6) is 0 Å². The van der Waals surface area contributed by atoms with E-state index in [1.54, 1.807) is 12.1 Å². The monoisotopic (exact) mass is 269 g/mol. The Balaban J connectivity index is 2.24. The molecule has 1 fully saturated rings. The van der Waals surface area contributed by atoms with Crippen molar-refractivity contribution in [2.24, 2.45) is 0 Å². The van der Waals surface area contributed by atoms with Crippen molar-refractivity contribution in [1.29, 1.82) is 0 Å². The maximum Gasteiger partial charge on any atom is 0.128 e. The Labute approximate surface area is 112 Å². The van der Waals surface area contributed by atoms with Gasteiger partial charge in [0.25, 0.3) is 0 Å². The molecule has 2 rings (SSSR count). The van der Waals surface area contributed by atoms with Gasteiger partial charge in [-0.25, -0.2) is 4.39 Å². The zero-order valence-electron chi connectivity index (χ0n) is 10.9. The first-order valence-corrected chi connectivity index (χ1v) is 7.56. The van der Waals surface area contributed by atoms with Crippen LogP contribution in [0.1, 0.15) is 24.1 Å². The smallest absolute Gasteiger partial charge is 0.128 e. The van der Waals surface area contributed by atoms with Gasteiger partial charge in [0.2, 0.25) is 0 Å². The zero-order chi connectivity index (χ0) is 13.0. The molecule has 0 bridgehead atoms. The Bertz CT molecular complexity index is 393. The largest absolute Gasteiger partial charge is 0.375 e. The van der Waals surface area contributed by atoms with E-state index in [1.165, 1.54) is 0 Å². The van der Waals surface area contributed by atoms with Gasteiger partial charge in [-0.3, -0.25) is 0 Å². The number of hydrogen-bond donors (Lipinski definition) is 1. The number of likely N-dealkylation sites (N-methyl/N-ethyl adjacent to an activating group) is 1. The van der Waals surface area contributed by atoms with Gasteiger partial charge in [0, 0.05) is 17.1 Å². The van der Waals surface area contributed by atoms with E-state index in [0.717, 1.165) is 35.8 Å². The van der Waals surface area contributed by atoms with Crippen LogP contribution in [0.2, 0.25) is 0 Å². The third kappa shape index (κ3) is 3.25. The molecule has 18 heavy (non-hydrogen) atoms. The molecular weight excluding hydrogens is 249 g/mol. The quantitative estimate of drug-likeness (QED) is 0.908. The summed E-state index contributed by atoms with van der Waals surface area (Å²) >= 11 is 1.87. The van der Waals surface area contributed by atoms with E-state index in [1.807, 2.05) is 31.7 Å². The van der Waals surface area contributed by atoms with Crippen LogP contribution in [-0.4, -0.2) is 30.8 Å². The molecule has 0 saturated carbocycles. The Kier molecular flexibility index (Phi) is 5.03. The molecule has 0 aliphatic carbocycles. The third-order valence-corrected chi connectivity index (χ3v) is 4.14. The minimum Gasteiger partial charge on any atom is -0.375 e. The molecular formula is C14H20FNOS. The highest BCUT2D eigenvalue weighted by molar-refractivity contribution is 7.99. The van der Waals surface area contributed by atoms with Crippen molar-refractivity contribution in [1.82, 2.24) is 5.32 Å². The summed E-state index contributed by atoms with van der Waals surface area (Å²) in [4.78, 5) is 0. The lowest BCUT2D eigenvalue weighted by molar-refractivity contribution is 0.0462. The Morgan fingerprint density at radius 1 is 1.56 bits per heavy atom. The van der Waals surface area contributed by atoms with Crippen LogP contribution in [0.4, 0.5) is 4.39 Å². The molecule has 0 aromatic heterocycles. The highest BCUT2D eigenvalue weighted by Crippen LogP contribution is 2.27. The van der Waals surface area contributed by atoms with E-state index in [0.29, 0.717) is 0 Å². The van der Waals surface area contributed by atoms with Crippen LogP contribution < -0.4 is 5.32 Å². The zero-order valence-corrected chi connectivity index (χ0v) is 11.7. The summed E-state index contributed by atoms with van der Waals surface area (Å²) < 4.78 is 19.8. The molecule has 1 aliphatic rings. The van der Waals surface area contributed by atoms with Gasteiger partial charge in [0.05, 0.1) is 18.8 Å². The first-order valence-electron chi connectivity index (χ1n) is 6.41.